The van der Waals surface area contributed by atoms with E-state index in [0.717, 1.165) is 23.9 Å². The summed E-state index contributed by atoms with van der Waals surface area (Å²) in [7, 11) is 0. The molecule has 0 radical (unpaired) electrons. The summed E-state index contributed by atoms with van der Waals surface area (Å²) in [5.74, 6) is 1.71. The van der Waals surface area contributed by atoms with Gasteiger partial charge in [-0.3, -0.25) is 9.80 Å². The predicted molar refractivity (Wildman–Crippen MR) is 81.3 cm³/mol. The maximum Gasteiger partial charge on any atom is 0.0247 e. The highest BCUT2D eigenvalue weighted by Crippen LogP contribution is 2.30. The average Bonchev–Trinajstić information content (AvgIpc) is 2.86. The summed E-state index contributed by atoms with van der Waals surface area (Å²) in [4.78, 5) is 5.61. The minimum Gasteiger partial charge on any atom is -0.298 e. The lowest BCUT2D eigenvalue weighted by atomic mass is 9.90. The molecule has 0 aromatic heterocycles. The molecule has 3 aliphatic rings. The highest BCUT2D eigenvalue weighted by atomic mass is 15.3. The van der Waals surface area contributed by atoms with Gasteiger partial charge in [-0.1, -0.05) is 26.0 Å². The Kier molecular flexibility index (Phi) is 4.28. The second-order valence-electron chi connectivity index (χ2n) is 7.21. The number of hydrogen-bond acceptors (Lipinski definition) is 2. The Morgan fingerprint density at radius 2 is 2.05 bits per heavy atom. The zero-order valence-electron chi connectivity index (χ0n) is 12.7. The second-order valence-corrected chi connectivity index (χ2v) is 7.21. The molecule has 0 aromatic carbocycles. The molecule has 2 aliphatic heterocycles. The lowest BCUT2D eigenvalue weighted by Crippen LogP contribution is -2.58. The Morgan fingerprint density at radius 3 is 2.79 bits per heavy atom. The third-order valence-corrected chi connectivity index (χ3v) is 5.47. The van der Waals surface area contributed by atoms with Crippen molar-refractivity contribution in [3.05, 3.63) is 12.2 Å². The van der Waals surface area contributed by atoms with E-state index in [2.05, 4.69) is 35.8 Å². The van der Waals surface area contributed by atoms with Crippen LogP contribution in [0.4, 0.5) is 0 Å². The summed E-state index contributed by atoms with van der Waals surface area (Å²) in [6.07, 6.45) is 11.7. The van der Waals surface area contributed by atoms with Crippen molar-refractivity contribution in [1.82, 2.24) is 9.80 Å². The van der Waals surface area contributed by atoms with Gasteiger partial charge in [0.2, 0.25) is 0 Å². The van der Waals surface area contributed by atoms with Crippen LogP contribution in [0.3, 0.4) is 0 Å². The van der Waals surface area contributed by atoms with Crippen molar-refractivity contribution in [3.8, 4) is 0 Å². The molecule has 0 amide bonds. The predicted octanol–water partition coefficient (Wildman–Crippen LogP) is 3.15. The second kappa shape index (κ2) is 5.97. The molecule has 3 rings (SSSR count). The van der Waals surface area contributed by atoms with Crippen molar-refractivity contribution in [2.45, 2.75) is 58.0 Å². The standard InChI is InChI=1S/C17H30N2/c1-14(2)17-13-18-10-6-9-16(18)12-19(17)11-15-7-4-3-5-8-15/h3-4,14-17H,5-13H2,1-2H3. The van der Waals surface area contributed by atoms with Gasteiger partial charge in [0, 0.05) is 31.7 Å². The van der Waals surface area contributed by atoms with Crippen LogP contribution >= 0.6 is 0 Å². The van der Waals surface area contributed by atoms with Gasteiger partial charge >= 0.3 is 0 Å². The van der Waals surface area contributed by atoms with Gasteiger partial charge in [0.1, 0.15) is 0 Å². The van der Waals surface area contributed by atoms with Crippen LogP contribution in [-0.2, 0) is 0 Å². The fraction of sp³-hybridized carbons (Fsp3) is 0.882. The quantitative estimate of drug-likeness (QED) is 0.721. The van der Waals surface area contributed by atoms with Gasteiger partial charge in [0.15, 0.2) is 0 Å². The van der Waals surface area contributed by atoms with Crippen molar-refractivity contribution in [2.75, 3.05) is 26.2 Å². The maximum atomic E-state index is 2.85. The van der Waals surface area contributed by atoms with Crippen molar-refractivity contribution < 1.29 is 0 Å². The van der Waals surface area contributed by atoms with E-state index in [0.29, 0.717) is 0 Å². The summed E-state index contributed by atoms with van der Waals surface area (Å²) in [5.41, 5.74) is 0. The molecular weight excluding hydrogens is 232 g/mol. The molecule has 2 heterocycles. The zero-order valence-corrected chi connectivity index (χ0v) is 12.7. The largest absolute Gasteiger partial charge is 0.298 e. The van der Waals surface area contributed by atoms with E-state index in [1.165, 1.54) is 58.3 Å². The SMILES string of the molecule is CC(C)C1CN2CCCC2CN1CC1CC=CCC1. The third-order valence-electron chi connectivity index (χ3n) is 5.47. The minimum absolute atomic E-state index is 0.792. The summed E-state index contributed by atoms with van der Waals surface area (Å²) in [6.45, 7) is 10.2. The smallest absolute Gasteiger partial charge is 0.0247 e. The molecule has 0 spiro atoms. The Hall–Kier alpha value is -0.340. The van der Waals surface area contributed by atoms with E-state index in [4.69, 9.17) is 0 Å². The van der Waals surface area contributed by atoms with Gasteiger partial charge in [-0.25, -0.2) is 0 Å². The van der Waals surface area contributed by atoms with Crippen molar-refractivity contribution in [2.24, 2.45) is 11.8 Å². The van der Waals surface area contributed by atoms with Crippen LogP contribution in [0.2, 0.25) is 0 Å². The molecule has 0 saturated carbocycles. The first kappa shape index (κ1) is 13.6. The first-order valence-corrected chi connectivity index (χ1v) is 8.37. The monoisotopic (exact) mass is 262 g/mol. The Balaban J connectivity index is 1.64. The molecule has 3 atom stereocenters. The van der Waals surface area contributed by atoms with E-state index in [-0.39, 0.29) is 0 Å². The Labute approximate surface area is 118 Å². The molecule has 19 heavy (non-hydrogen) atoms. The molecule has 0 N–H and O–H groups in total. The molecular formula is C17H30N2. The van der Waals surface area contributed by atoms with Crippen LogP contribution in [-0.4, -0.2) is 48.1 Å². The first-order valence-electron chi connectivity index (χ1n) is 8.37. The van der Waals surface area contributed by atoms with E-state index in [1.54, 1.807) is 0 Å². The number of nitrogens with zero attached hydrogens (tertiary/aromatic N) is 2. The van der Waals surface area contributed by atoms with Crippen molar-refractivity contribution >= 4 is 0 Å². The van der Waals surface area contributed by atoms with E-state index in [1.807, 2.05) is 0 Å². The van der Waals surface area contributed by atoms with Crippen LogP contribution in [0.15, 0.2) is 12.2 Å². The van der Waals surface area contributed by atoms with Crippen LogP contribution in [0, 0.1) is 11.8 Å². The summed E-state index contributed by atoms with van der Waals surface area (Å²) in [6, 6.07) is 1.66. The molecule has 0 aromatic rings. The molecule has 2 fully saturated rings. The summed E-state index contributed by atoms with van der Waals surface area (Å²) < 4.78 is 0. The summed E-state index contributed by atoms with van der Waals surface area (Å²) >= 11 is 0. The lowest BCUT2D eigenvalue weighted by molar-refractivity contribution is 0.0184. The Morgan fingerprint density at radius 1 is 1.16 bits per heavy atom. The number of piperazine rings is 1. The maximum absolute atomic E-state index is 2.85. The lowest BCUT2D eigenvalue weighted by Gasteiger charge is -2.46. The first-order chi connectivity index (χ1) is 9.24. The zero-order chi connectivity index (χ0) is 13.2. The Bertz CT molecular complexity index is 323. The van der Waals surface area contributed by atoms with E-state index < -0.39 is 0 Å². The van der Waals surface area contributed by atoms with Crippen LogP contribution in [0.1, 0.15) is 46.0 Å². The molecule has 0 bridgehead atoms. The fourth-order valence-corrected chi connectivity index (χ4v) is 4.30. The normalized spacial score (nSPS) is 36.9. The van der Waals surface area contributed by atoms with Gasteiger partial charge in [-0.05, 0) is 50.5 Å². The highest BCUT2D eigenvalue weighted by Gasteiger charge is 2.37. The number of fused-ring (bicyclic) bond motifs is 1. The van der Waals surface area contributed by atoms with Gasteiger partial charge in [0.05, 0.1) is 0 Å². The minimum atomic E-state index is 0.792. The molecule has 1 aliphatic carbocycles. The fourth-order valence-electron chi connectivity index (χ4n) is 4.30. The highest BCUT2D eigenvalue weighted by molar-refractivity contribution is 4.96. The number of rotatable bonds is 3. The summed E-state index contributed by atoms with van der Waals surface area (Å²) in [5, 5.41) is 0. The van der Waals surface area contributed by atoms with Crippen LogP contribution in [0.25, 0.3) is 0 Å². The van der Waals surface area contributed by atoms with E-state index in [9.17, 15) is 0 Å². The molecule has 3 unspecified atom stereocenters. The topological polar surface area (TPSA) is 6.48 Å². The molecule has 2 nitrogen and oxygen atoms in total. The van der Waals surface area contributed by atoms with Gasteiger partial charge < -0.3 is 0 Å². The average molecular weight is 262 g/mol. The van der Waals surface area contributed by atoms with Gasteiger partial charge in [-0.15, -0.1) is 0 Å². The van der Waals surface area contributed by atoms with Crippen molar-refractivity contribution in [1.29, 1.82) is 0 Å². The molecule has 2 heteroatoms. The van der Waals surface area contributed by atoms with Crippen LogP contribution in [0.5, 0.6) is 0 Å². The number of allylic oxidation sites excluding steroid dienone is 2. The third kappa shape index (κ3) is 3.05. The van der Waals surface area contributed by atoms with Crippen molar-refractivity contribution in [3.63, 3.8) is 0 Å². The van der Waals surface area contributed by atoms with E-state index >= 15 is 0 Å². The molecule has 2 saturated heterocycles. The molecule has 108 valence electrons. The number of hydrogen-bond donors (Lipinski definition) is 0. The van der Waals surface area contributed by atoms with Gasteiger partial charge in [0.25, 0.3) is 0 Å². The van der Waals surface area contributed by atoms with Crippen LogP contribution < -0.4 is 0 Å². The van der Waals surface area contributed by atoms with Gasteiger partial charge in [-0.2, -0.15) is 0 Å².